The molecule has 1 heterocycles. The summed E-state index contributed by atoms with van der Waals surface area (Å²) in [7, 11) is 1.47. The number of aromatic amines is 1. The molecule has 54 valence electrons. The molecule has 1 aromatic rings. The van der Waals surface area contributed by atoms with Crippen molar-refractivity contribution in [3.8, 4) is 5.75 Å². The van der Waals surface area contributed by atoms with Crippen molar-refractivity contribution in [3.63, 3.8) is 0 Å². The van der Waals surface area contributed by atoms with Gasteiger partial charge in [-0.2, -0.15) is 0 Å². The molecule has 0 fully saturated rings. The van der Waals surface area contributed by atoms with Crippen LogP contribution in [-0.4, -0.2) is 12.1 Å². The number of aromatic nitrogens is 1. The SMILES string of the molecule is COc1ccc(C)[nH]c1=O. The van der Waals surface area contributed by atoms with E-state index in [1.807, 2.05) is 6.92 Å². The average molecular weight is 139 g/mol. The number of rotatable bonds is 1. The molecule has 0 aliphatic rings. The van der Waals surface area contributed by atoms with Crippen molar-refractivity contribution in [2.24, 2.45) is 0 Å². The van der Waals surface area contributed by atoms with Crippen LogP contribution in [0.5, 0.6) is 5.75 Å². The standard InChI is InChI=1S/C7H9NO2/c1-5-3-4-6(10-2)7(9)8-5/h3-4H,1-2H3,(H,8,9). The van der Waals surface area contributed by atoms with Crippen LogP contribution in [-0.2, 0) is 0 Å². The normalized spacial score (nSPS) is 9.40. The number of methoxy groups -OCH3 is 1. The monoisotopic (exact) mass is 139 g/mol. The zero-order valence-corrected chi connectivity index (χ0v) is 5.97. The zero-order chi connectivity index (χ0) is 7.56. The smallest absolute Gasteiger partial charge is 0.290 e. The Hall–Kier alpha value is -1.25. The van der Waals surface area contributed by atoms with E-state index < -0.39 is 0 Å². The predicted molar refractivity (Wildman–Crippen MR) is 38.4 cm³/mol. The van der Waals surface area contributed by atoms with Gasteiger partial charge in [-0.25, -0.2) is 0 Å². The number of ether oxygens (including phenoxy) is 1. The molecule has 0 spiro atoms. The molecular weight excluding hydrogens is 130 g/mol. The van der Waals surface area contributed by atoms with E-state index in [-0.39, 0.29) is 5.56 Å². The van der Waals surface area contributed by atoms with Gasteiger partial charge in [0.25, 0.3) is 5.56 Å². The first kappa shape index (κ1) is 6.86. The molecule has 0 unspecified atom stereocenters. The highest BCUT2D eigenvalue weighted by molar-refractivity contribution is 5.18. The number of aryl methyl sites for hydroxylation is 1. The van der Waals surface area contributed by atoms with Gasteiger partial charge in [-0.1, -0.05) is 0 Å². The Morgan fingerprint density at radius 3 is 2.70 bits per heavy atom. The van der Waals surface area contributed by atoms with Crippen molar-refractivity contribution in [1.82, 2.24) is 4.98 Å². The fourth-order valence-corrected chi connectivity index (χ4v) is 0.719. The largest absolute Gasteiger partial charge is 0.491 e. The number of H-pyrrole nitrogens is 1. The third-order valence-electron chi connectivity index (χ3n) is 1.24. The lowest BCUT2D eigenvalue weighted by molar-refractivity contribution is 0.408. The van der Waals surface area contributed by atoms with Gasteiger partial charge < -0.3 is 9.72 Å². The minimum atomic E-state index is -0.178. The highest BCUT2D eigenvalue weighted by Crippen LogP contribution is 1.99. The third-order valence-corrected chi connectivity index (χ3v) is 1.24. The van der Waals surface area contributed by atoms with Crippen molar-refractivity contribution in [3.05, 3.63) is 28.2 Å². The Morgan fingerprint density at radius 2 is 2.20 bits per heavy atom. The summed E-state index contributed by atoms with van der Waals surface area (Å²) in [6.45, 7) is 1.82. The van der Waals surface area contributed by atoms with Crippen LogP contribution in [0.25, 0.3) is 0 Å². The van der Waals surface area contributed by atoms with E-state index in [0.717, 1.165) is 5.69 Å². The summed E-state index contributed by atoms with van der Waals surface area (Å²) in [6.07, 6.45) is 0. The molecule has 0 radical (unpaired) electrons. The molecule has 1 aromatic heterocycles. The van der Waals surface area contributed by atoms with Crippen molar-refractivity contribution >= 4 is 0 Å². The maximum absolute atomic E-state index is 10.9. The van der Waals surface area contributed by atoms with Crippen LogP contribution < -0.4 is 10.3 Å². The maximum Gasteiger partial charge on any atom is 0.290 e. The molecule has 3 heteroatoms. The minimum absolute atomic E-state index is 0.178. The van der Waals surface area contributed by atoms with Crippen LogP contribution in [0.3, 0.4) is 0 Å². The highest BCUT2D eigenvalue weighted by atomic mass is 16.5. The van der Waals surface area contributed by atoms with Gasteiger partial charge in [-0.15, -0.1) is 0 Å². The summed E-state index contributed by atoms with van der Waals surface area (Å²) in [5.74, 6) is 0.352. The topological polar surface area (TPSA) is 42.1 Å². The Kier molecular flexibility index (Phi) is 1.76. The second kappa shape index (κ2) is 2.56. The maximum atomic E-state index is 10.9. The second-order valence-corrected chi connectivity index (χ2v) is 2.04. The molecule has 0 aliphatic carbocycles. The van der Waals surface area contributed by atoms with Gasteiger partial charge in [0.2, 0.25) is 0 Å². The number of hydrogen-bond donors (Lipinski definition) is 1. The van der Waals surface area contributed by atoms with Crippen LogP contribution >= 0.6 is 0 Å². The summed E-state index contributed by atoms with van der Waals surface area (Å²) in [5.41, 5.74) is 0.660. The molecule has 0 saturated carbocycles. The van der Waals surface area contributed by atoms with E-state index in [0.29, 0.717) is 5.75 Å². The molecule has 1 rings (SSSR count). The fourth-order valence-electron chi connectivity index (χ4n) is 0.719. The van der Waals surface area contributed by atoms with Crippen LogP contribution in [0.1, 0.15) is 5.69 Å². The Labute approximate surface area is 58.7 Å². The number of hydrogen-bond acceptors (Lipinski definition) is 2. The zero-order valence-electron chi connectivity index (χ0n) is 5.97. The fraction of sp³-hybridized carbons (Fsp3) is 0.286. The summed E-state index contributed by atoms with van der Waals surface area (Å²) in [6, 6.07) is 3.44. The first-order chi connectivity index (χ1) is 4.74. The summed E-state index contributed by atoms with van der Waals surface area (Å²) >= 11 is 0. The number of nitrogens with one attached hydrogen (secondary N) is 1. The van der Waals surface area contributed by atoms with Crippen LogP contribution in [0.15, 0.2) is 16.9 Å². The van der Waals surface area contributed by atoms with Crippen molar-refractivity contribution in [2.45, 2.75) is 6.92 Å². The lowest BCUT2D eigenvalue weighted by atomic mass is 10.4. The third kappa shape index (κ3) is 1.18. The summed E-state index contributed by atoms with van der Waals surface area (Å²) in [4.78, 5) is 13.5. The molecule has 0 amide bonds. The predicted octanol–water partition coefficient (Wildman–Crippen LogP) is 0.692. The van der Waals surface area contributed by atoms with Crippen LogP contribution in [0.2, 0.25) is 0 Å². The van der Waals surface area contributed by atoms with Gasteiger partial charge in [-0.3, -0.25) is 4.79 Å². The molecular formula is C7H9NO2. The van der Waals surface area contributed by atoms with Crippen LogP contribution in [0.4, 0.5) is 0 Å². The van der Waals surface area contributed by atoms with Gasteiger partial charge in [0.15, 0.2) is 5.75 Å². The van der Waals surface area contributed by atoms with Gasteiger partial charge in [0.05, 0.1) is 7.11 Å². The van der Waals surface area contributed by atoms with E-state index in [9.17, 15) is 4.79 Å². The molecule has 0 atom stereocenters. The van der Waals surface area contributed by atoms with E-state index in [4.69, 9.17) is 4.74 Å². The molecule has 0 bridgehead atoms. The lowest BCUT2D eigenvalue weighted by Gasteiger charge is -1.96. The quantitative estimate of drug-likeness (QED) is 0.622. The molecule has 0 saturated heterocycles. The summed E-state index contributed by atoms with van der Waals surface area (Å²) < 4.78 is 4.76. The molecule has 1 N–H and O–H groups in total. The Balaban J connectivity index is 3.20. The molecule has 3 nitrogen and oxygen atoms in total. The second-order valence-electron chi connectivity index (χ2n) is 2.04. The average Bonchev–Trinajstić information content (AvgIpc) is 1.88. The first-order valence-electron chi connectivity index (χ1n) is 2.98. The highest BCUT2D eigenvalue weighted by Gasteiger charge is 1.95. The van der Waals surface area contributed by atoms with E-state index >= 15 is 0 Å². The summed E-state index contributed by atoms with van der Waals surface area (Å²) in [5, 5.41) is 0. The van der Waals surface area contributed by atoms with E-state index in [2.05, 4.69) is 4.98 Å². The minimum Gasteiger partial charge on any atom is -0.491 e. The lowest BCUT2D eigenvalue weighted by Crippen LogP contribution is -2.09. The van der Waals surface area contributed by atoms with Crippen molar-refractivity contribution in [2.75, 3.05) is 7.11 Å². The van der Waals surface area contributed by atoms with E-state index in [1.54, 1.807) is 12.1 Å². The van der Waals surface area contributed by atoms with E-state index in [1.165, 1.54) is 7.11 Å². The first-order valence-corrected chi connectivity index (χ1v) is 2.98. The molecule has 10 heavy (non-hydrogen) atoms. The number of pyridine rings is 1. The van der Waals surface area contributed by atoms with Crippen molar-refractivity contribution in [1.29, 1.82) is 0 Å². The van der Waals surface area contributed by atoms with Gasteiger partial charge >= 0.3 is 0 Å². The van der Waals surface area contributed by atoms with Gasteiger partial charge in [0.1, 0.15) is 0 Å². The van der Waals surface area contributed by atoms with Crippen LogP contribution in [0, 0.1) is 6.92 Å². The van der Waals surface area contributed by atoms with Gasteiger partial charge in [0, 0.05) is 5.69 Å². The Bertz CT molecular complexity index is 277. The molecule has 0 aromatic carbocycles. The Morgan fingerprint density at radius 1 is 1.50 bits per heavy atom. The molecule has 0 aliphatic heterocycles. The van der Waals surface area contributed by atoms with Crippen molar-refractivity contribution < 1.29 is 4.74 Å². The van der Waals surface area contributed by atoms with Gasteiger partial charge in [-0.05, 0) is 19.1 Å².